The molecule has 2 aromatic heterocycles. The summed E-state index contributed by atoms with van der Waals surface area (Å²) < 4.78 is 2.26. The molecular formula is C19H22N4. The summed E-state index contributed by atoms with van der Waals surface area (Å²) in [7, 11) is 0. The van der Waals surface area contributed by atoms with Crippen molar-refractivity contribution in [1.29, 1.82) is 0 Å². The molecule has 4 rings (SSSR count). The molecule has 0 bridgehead atoms. The smallest absolute Gasteiger partial charge is 0.137 e. The Morgan fingerprint density at radius 3 is 2.61 bits per heavy atom. The Hall–Kier alpha value is -2.17. The average Bonchev–Trinajstić information content (AvgIpc) is 2.95. The highest BCUT2D eigenvalue weighted by Crippen LogP contribution is 2.26. The predicted octanol–water partition coefficient (Wildman–Crippen LogP) is 2.71. The zero-order valence-corrected chi connectivity index (χ0v) is 13.5. The number of pyridine rings is 1. The SMILES string of the molecule is Cc1ccc2nc(-c3ccccc3)c(CN3CCNCC3)n2c1. The summed E-state index contributed by atoms with van der Waals surface area (Å²) in [4.78, 5) is 7.42. The van der Waals surface area contributed by atoms with Gasteiger partial charge in [0.25, 0.3) is 0 Å². The number of hydrogen-bond acceptors (Lipinski definition) is 3. The molecule has 4 heteroatoms. The number of aryl methyl sites for hydroxylation is 1. The molecule has 3 heterocycles. The quantitative estimate of drug-likeness (QED) is 0.807. The fourth-order valence-corrected chi connectivity index (χ4v) is 3.26. The lowest BCUT2D eigenvalue weighted by Gasteiger charge is -2.27. The lowest BCUT2D eigenvalue weighted by molar-refractivity contribution is 0.230. The molecule has 23 heavy (non-hydrogen) atoms. The van der Waals surface area contributed by atoms with Gasteiger partial charge in [-0.25, -0.2) is 4.98 Å². The van der Waals surface area contributed by atoms with Gasteiger partial charge >= 0.3 is 0 Å². The number of benzene rings is 1. The van der Waals surface area contributed by atoms with Crippen molar-refractivity contribution in [3.8, 4) is 11.3 Å². The zero-order chi connectivity index (χ0) is 15.6. The second-order valence-corrected chi connectivity index (χ2v) is 6.23. The molecule has 0 amide bonds. The Morgan fingerprint density at radius 2 is 1.83 bits per heavy atom. The minimum atomic E-state index is 0.941. The minimum Gasteiger partial charge on any atom is -0.314 e. The molecule has 1 aliphatic rings. The first-order valence-electron chi connectivity index (χ1n) is 8.27. The Labute approximate surface area is 136 Å². The van der Waals surface area contributed by atoms with Gasteiger partial charge in [0.2, 0.25) is 0 Å². The molecule has 0 aliphatic carbocycles. The fourth-order valence-electron chi connectivity index (χ4n) is 3.26. The van der Waals surface area contributed by atoms with Crippen molar-refractivity contribution < 1.29 is 0 Å². The number of piperazine rings is 1. The van der Waals surface area contributed by atoms with Crippen LogP contribution in [-0.4, -0.2) is 40.5 Å². The van der Waals surface area contributed by atoms with E-state index in [1.54, 1.807) is 0 Å². The van der Waals surface area contributed by atoms with Crippen molar-refractivity contribution >= 4 is 5.65 Å². The highest BCUT2D eigenvalue weighted by molar-refractivity contribution is 5.66. The van der Waals surface area contributed by atoms with E-state index in [1.807, 2.05) is 0 Å². The van der Waals surface area contributed by atoms with Crippen molar-refractivity contribution in [3.63, 3.8) is 0 Å². The molecule has 118 valence electrons. The van der Waals surface area contributed by atoms with Gasteiger partial charge in [-0.15, -0.1) is 0 Å². The van der Waals surface area contributed by atoms with Crippen LogP contribution in [0.25, 0.3) is 16.9 Å². The highest BCUT2D eigenvalue weighted by atomic mass is 15.2. The molecule has 3 aromatic rings. The summed E-state index contributed by atoms with van der Waals surface area (Å²) in [6.45, 7) is 7.39. The molecule has 1 aliphatic heterocycles. The predicted molar refractivity (Wildman–Crippen MR) is 93.5 cm³/mol. The monoisotopic (exact) mass is 306 g/mol. The van der Waals surface area contributed by atoms with Crippen molar-refractivity contribution in [2.75, 3.05) is 26.2 Å². The van der Waals surface area contributed by atoms with Crippen molar-refractivity contribution in [3.05, 3.63) is 59.9 Å². The van der Waals surface area contributed by atoms with Crippen molar-refractivity contribution in [2.24, 2.45) is 0 Å². The van der Waals surface area contributed by atoms with Crippen LogP contribution in [0.3, 0.4) is 0 Å². The van der Waals surface area contributed by atoms with Gasteiger partial charge in [-0.05, 0) is 18.6 Å². The fraction of sp³-hybridized carbons (Fsp3) is 0.316. The van der Waals surface area contributed by atoms with E-state index in [2.05, 4.69) is 70.2 Å². The third kappa shape index (κ3) is 2.87. The molecule has 0 atom stereocenters. The number of hydrogen-bond donors (Lipinski definition) is 1. The Bertz CT molecular complexity index is 801. The molecule has 1 saturated heterocycles. The lowest BCUT2D eigenvalue weighted by Crippen LogP contribution is -2.43. The van der Waals surface area contributed by atoms with E-state index in [1.165, 1.54) is 16.8 Å². The largest absolute Gasteiger partial charge is 0.314 e. The van der Waals surface area contributed by atoms with E-state index in [0.29, 0.717) is 0 Å². The summed E-state index contributed by atoms with van der Waals surface area (Å²) in [6.07, 6.45) is 2.20. The molecule has 1 aromatic carbocycles. The topological polar surface area (TPSA) is 32.6 Å². The lowest BCUT2D eigenvalue weighted by atomic mass is 10.1. The molecule has 1 N–H and O–H groups in total. The van der Waals surface area contributed by atoms with Gasteiger partial charge in [-0.3, -0.25) is 4.90 Å². The summed E-state index contributed by atoms with van der Waals surface area (Å²) in [5, 5.41) is 3.42. The van der Waals surface area contributed by atoms with Crippen molar-refractivity contribution in [2.45, 2.75) is 13.5 Å². The van der Waals surface area contributed by atoms with Crippen LogP contribution in [0, 0.1) is 6.92 Å². The summed E-state index contributed by atoms with van der Waals surface area (Å²) in [6, 6.07) is 14.8. The number of nitrogens with one attached hydrogen (secondary N) is 1. The van der Waals surface area contributed by atoms with Crippen LogP contribution >= 0.6 is 0 Å². The van der Waals surface area contributed by atoms with Crippen LogP contribution in [0.1, 0.15) is 11.3 Å². The second kappa shape index (κ2) is 6.14. The molecular weight excluding hydrogens is 284 g/mol. The van der Waals surface area contributed by atoms with Gasteiger partial charge in [0.05, 0.1) is 11.4 Å². The average molecular weight is 306 g/mol. The Morgan fingerprint density at radius 1 is 1.04 bits per heavy atom. The molecule has 0 spiro atoms. The maximum Gasteiger partial charge on any atom is 0.137 e. The maximum atomic E-state index is 4.91. The Kier molecular flexibility index (Phi) is 3.85. The number of aromatic nitrogens is 2. The van der Waals surface area contributed by atoms with Crippen LogP contribution in [0.4, 0.5) is 0 Å². The molecule has 0 unspecified atom stereocenters. The third-order valence-corrected chi connectivity index (χ3v) is 4.50. The van der Waals surface area contributed by atoms with Gasteiger partial charge in [-0.2, -0.15) is 0 Å². The van der Waals surface area contributed by atoms with E-state index in [-0.39, 0.29) is 0 Å². The van der Waals surface area contributed by atoms with Crippen molar-refractivity contribution in [1.82, 2.24) is 19.6 Å². The number of rotatable bonds is 3. The van der Waals surface area contributed by atoms with Crippen LogP contribution in [0.2, 0.25) is 0 Å². The number of imidazole rings is 1. The first-order valence-corrected chi connectivity index (χ1v) is 8.27. The van der Waals surface area contributed by atoms with Gasteiger partial charge in [0, 0.05) is 44.5 Å². The normalized spacial score (nSPS) is 16.0. The van der Waals surface area contributed by atoms with Crippen LogP contribution < -0.4 is 5.32 Å². The van der Waals surface area contributed by atoms with Crippen LogP contribution in [0.5, 0.6) is 0 Å². The van der Waals surface area contributed by atoms with E-state index in [0.717, 1.165) is 44.1 Å². The molecule has 1 fully saturated rings. The van der Waals surface area contributed by atoms with Gasteiger partial charge in [-0.1, -0.05) is 36.4 Å². The maximum absolute atomic E-state index is 4.91. The summed E-state index contributed by atoms with van der Waals surface area (Å²) >= 11 is 0. The number of nitrogens with zero attached hydrogens (tertiary/aromatic N) is 3. The molecule has 0 radical (unpaired) electrons. The molecule has 4 nitrogen and oxygen atoms in total. The van der Waals surface area contributed by atoms with E-state index >= 15 is 0 Å². The molecule has 0 saturated carbocycles. The van der Waals surface area contributed by atoms with E-state index < -0.39 is 0 Å². The van der Waals surface area contributed by atoms with Gasteiger partial charge in [0.1, 0.15) is 5.65 Å². The summed E-state index contributed by atoms with van der Waals surface area (Å²) in [5.74, 6) is 0. The summed E-state index contributed by atoms with van der Waals surface area (Å²) in [5.41, 5.74) is 5.88. The van der Waals surface area contributed by atoms with Crippen LogP contribution in [-0.2, 0) is 6.54 Å². The second-order valence-electron chi connectivity index (χ2n) is 6.23. The number of fused-ring (bicyclic) bond motifs is 1. The van der Waals surface area contributed by atoms with E-state index in [4.69, 9.17) is 4.98 Å². The van der Waals surface area contributed by atoms with E-state index in [9.17, 15) is 0 Å². The van der Waals surface area contributed by atoms with Gasteiger partial charge < -0.3 is 9.72 Å². The third-order valence-electron chi connectivity index (χ3n) is 4.50. The highest BCUT2D eigenvalue weighted by Gasteiger charge is 2.18. The minimum absolute atomic E-state index is 0.941. The first kappa shape index (κ1) is 14.4. The first-order chi connectivity index (χ1) is 11.3. The zero-order valence-electron chi connectivity index (χ0n) is 13.5. The van der Waals surface area contributed by atoms with Crippen LogP contribution in [0.15, 0.2) is 48.7 Å². The van der Waals surface area contributed by atoms with Gasteiger partial charge in [0.15, 0.2) is 0 Å². The standard InChI is InChI=1S/C19H22N4/c1-15-7-8-18-21-19(16-5-3-2-4-6-16)17(23(18)13-15)14-22-11-9-20-10-12-22/h2-8,13,20H,9-12,14H2,1H3. The Balaban J connectivity index is 1.82.